The third-order valence-corrected chi connectivity index (χ3v) is 1.01. The largest absolute Gasteiger partial charge is 0.467 e. The molecule has 10 heavy (non-hydrogen) atoms. The quantitative estimate of drug-likeness (QED) is 0.454. The van der Waals surface area contributed by atoms with Gasteiger partial charge in [0.15, 0.2) is 0 Å². The number of aromatic nitrogens is 3. The van der Waals surface area contributed by atoms with Crippen LogP contribution >= 0.6 is 0 Å². The molecule has 1 aromatic heterocycles. The molecule has 1 heterocycles. The zero-order valence-corrected chi connectivity index (χ0v) is 5.28. The topological polar surface area (TPSA) is 67.9 Å². The molecule has 0 aromatic carbocycles. The number of nitrogens with zero attached hydrogens (tertiary/aromatic N) is 2. The summed E-state index contributed by atoms with van der Waals surface area (Å²) in [5, 5.41) is 9.79. The fourth-order valence-electron chi connectivity index (χ4n) is 0.557. The van der Waals surface area contributed by atoms with Gasteiger partial charge >= 0.3 is 0 Å². The van der Waals surface area contributed by atoms with Gasteiger partial charge < -0.3 is 4.74 Å². The molecule has 1 rings (SSSR count). The van der Waals surface area contributed by atoms with Crippen LogP contribution in [0.1, 0.15) is 5.69 Å². The van der Waals surface area contributed by atoms with E-state index >= 15 is 0 Å². The van der Waals surface area contributed by atoms with E-state index in [1.807, 2.05) is 0 Å². The first-order chi connectivity index (χ1) is 4.93. The molecule has 0 saturated carbocycles. The molecular formula is C5H7N3O2. The van der Waals surface area contributed by atoms with Gasteiger partial charge in [0.1, 0.15) is 0 Å². The molecule has 0 aliphatic carbocycles. The maximum Gasteiger partial charge on any atom is 0.293 e. The normalized spacial score (nSPS) is 9.20. The number of carbonyl (C=O) groups is 1. The lowest BCUT2D eigenvalue weighted by Gasteiger charge is -1.91. The van der Waals surface area contributed by atoms with Gasteiger partial charge in [0.05, 0.1) is 18.5 Å². The molecule has 54 valence electrons. The summed E-state index contributed by atoms with van der Waals surface area (Å²) in [5.74, 6) is 0. The van der Waals surface area contributed by atoms with E-state index in [1.165, 1.54) is 0 Å². The molecule has 0 fully saturated rings. The minimum absolute atomic E-state index is 0.357. The van der Waals surface area contributed by atoms with Crippen molar-refractivity contribution in [2.45, 2.75) is 6.42 Å². The van der Waals surface area contributed by atoms with Crippen molar-refractivity contribution in [3.63, 3.8) is 0 Å². The molecule has 0 amide bonds. The highest BCUT2D eigenvalue weighted by Crippen LogP contribution is 1.89. The molecule has 0 atom stereocenters. The predicted molar refractivity (Wildman–Crippen MR) is 32.1 cm³/mol. The van der Waals surface area contributed by atoms with Gasteiger partial charge in [0.25, 0.3) is 6.47 Å². The van der Waals surface area contributed by atoms with Gasteiger partial charge in [-0.05, 0) is 0 Å². The van der Waals surface area contributed by atoms with Gasteiger partial charge in [-0.25, -0.2) is 0 Å². The minimum atomic E-state index is 0.357. The summed E-state index contributed by atoms with van der Waals surface area (Å²) in [6.07, 6.45) is 2.20. The highest BCUT2D eigenvalue weighted by Gasteiger charge is 1.93. The first-order valence-electron chi connectivity index (χ1n) is 2.83. The van der Waals surface area contributed by atoms with Crippen LogP contribution in [-0.2, 0) is 16.0 Å². The van der Waals surface area contributed by atoms with Crippen LogP contribution in [0.25, 0.3) is 0 Å². The fraction of sp³-hybridized carbons (Fsp3) is 0.400. The van der Waals surface area contributed by atoms with E-state index in [-0.39, 0.29) is 0 Å². The Labute approximate surface area is 57.4 Å². The number of rotatable bonds is 4. The van der Waals surface area contributed by atoms with E-state index < -0.39 is 0 Å². The van der Waals surface area contributed by atoms with E-state index in [0.717, 1.165) is 5.69 Å². The van der Waals surface area contributed by atoms with Crippen molar-refractivity contribution in [3.05, 3.63) is 11.9 Å². The Hall–Kier alpha value is -1.39. The highest BCUT2D eigenvalue weighted by atomic mass is 16.5. The molecule has 0 spiro atoms. The molecule has 0 bridgehead atoms. The van der Waals surface area contributed by atoms with Crippen LogP contribution < -0.4 is 0 Å². The summed E-state index contributed by atoms with van der Waals surface area (Å²) < 4.78 is 4.44. The van der Waals surface area contributed by atoms with Gasteiger partial charge in [-0.3, -0.25) is 4.79 Å². The Morgan fingerprint density at radius 3 is 3.30 bits per heavy atom. The number of hydrogen-bond acceptors (Lipinski definition) is 4. The van der Waals surface area contributed by atoms with E-state index in [2.05, 4.69) is 20.1 Å². The van der Waals surface area contributed by atoms with E-state index in [0.29, 0.717) is 19.5 Å². The molecule has 5 heteroatoms. The summed E-state index contributed by atoms with van der Waals surface area (Å²) in [6.45, 7) is 0.774. The number of aromatic amines is 1. The Balaban J connectivity index is 2.21. The molecule has 0 radical (unpaired) electrons. The summed E-state index contributed by atoms with van der Waals surface area (Å²) in [4.78, 5) is 9.67. The summed E-state index contributed by atoms with van der Waals surface area (Å²) >= 11 is 0. The van der Waals surface area contributed by atoms with E-state index in [1.54, 1.807) is 6.20 Å². The molecule has 0 aliphatic heterocycles. The molecule has 0 unspecified atom stereocenters. The number of ether oxygens (including phenoxy) is 1. The van der Waals surface area contributed by atoms with Crippen LogP contribution in [-0.4, -0.2) is 28.5 Å². The Morgan fingerprint density at radius 1 is 1.80 bits per heavy atom. The van der Waals surface area contributed by atoms with Crippen molar-refractivity contribution < 1.29 is 9.53 Å². The van der Waals surface area contributed by atoms with Gasteiger partial charge in [-0.2, -0.15) is 15.4 Å². The average Bonchev–Trinajstić information content (AvgIpc) is 2.41. The zero-order chi connectivity index (χ0) is 7.23. The second kappa shape index (κ2) is 3.60. The van der Waals surface area contributed by atoms with Crippen molar-refractivity contribution in [2.24, 2.45) is 0 Å². The number of nitrogens with one attached hydrogen (secondary N) is 1. The van der Waals surface area contributed by atoms with E-state index in [9.17, 15) is 4.79 Å². The lowest BCUT2D eigenvalue weighted by atomic mass is 10.4. The lowest BCUT2D eigenvalue weighted by molar-refractivity contribution is -0.128. The first kappa shape index (κ1) is 6.73. The summed E-state index contributed by atoms with van der Waals surface area (Å²) in [5.41, 5.74) is 0.793. The molecule has 1 aromatic rings. The molecule has 1 N–H and O–H groups in total. The van der Waals surface area contributed by atoms with Gasteiger partial charge in [0.2, 0.25) is 0 Å². The third kappa shape index (κ3) is 1.85. The Kier molecular flexibility index (Phi) is 2.42. The number of hydrogen-bond donors (Lipinski definition) is 1. The van der Waals surface area contributed by atoms with Crippen molar-refractivity contribution >= 4 is 6.47 Å². The number of carbonyl (C=O) groups excluding carboxylic acids is 1. The molecule has 0 aliphatic rings. The van der Waals surface area contributed by atoms with E-state index in [4.69, 9.17) is 0 Å². The zero-order valence-electron chi connectivity index (χ0n) is 5.28. The molecule has 5 nitrogen and oxygen atoms in total. The highest BCUT2D eigenvalue weighted by molar-refractivity contribution is 5.36. The smallest absolute Gasteiger partial charge is 0.293 e. The van der Waals surface area contributed by atoms with Gasteiger partial charge in [0, 0.05) is 6.42 Å². The Morgan fingerprint density at radius 2 is 2.70 bits per heavy atom. The molecular weight excluding hydrogens is 134 g/mol. The van der Waals surface area contributed by atoms with Crippen LogP contribution in [0, 0.1) is 0 Å². The van der Waals surface area contributed by atoms with Crippen LogP contribution in [0.3, 0.4) is 0 Å². The first-order valence-corrected chi connectivity index (χ1v) is 2.83. The monoisotopic (exact) mass is 141 g/mol. The standard InChI is InChI=1S/C5H7N3O2/c9-4-10-2-1-5-3-6-8-7-5/h3-4H,1-2H2,(H,6,7,8). The van der Waals surface area contributed by atoms with Crippen molar-refractivity contribution in [1.82, 2.24) is 15.4 Å². The lowest BCUT2D eigenvalue weighted by Crippen LogP contribution is -1.96. The fourth-order valence-corrected chi connectivity index (χ4v) is 0.557. The SMILES string of the molecule is O=COCCc1cn[nH]n1. The summed E-state index contributed by atoms with van der Waals surface area (Å²) in [7, 11) is 0. The van der Waals surface area contributed by atoms with Gasteiger partial charge in [-0.1, -0.05) is 0 Å². The maximum atomic E-state index is 9.67. The van der Waals surface area contributed by atoms with Crippen LogP contribution in [0.15, 0.2) is 6.20 Å². The van der Waals surface area contributed by atoms with Crippen molar-refractivity contribution in [3.8, 4) is 0 Å². The second-order valence-corrected chi connectivity index (χ2v) is 1.68. The minimum Gasteiger partial charge on any atom is -0.467 e. The maximum absolute atomic E-state index is 9.67. The average molecular weight is 141 g/mol. The van der Waals surface area contributed by atoms with Gasteiger partial charge in [-0.15, -0.1) is 0 Å². The van der Waals surface area contributed by atoms with Crippen molar-refractivity contribution in [1.29, 1.82) is 0 Å². The number of H-pyrrole nitrogens is 1. The summed E-state index contributed by atoms with van der Waals surface area (Å²) in [6, 6.07) is 0. The van der Waals surface area contributed by atoms with Crippen LogP contribution in [0.5, 0.6) is 0 Å². The predicted octanol–water partition coefficient (Wildman–Crippen LogP) is -0.480. The molecule has 0 saturated heterocycles. The second-order valence-electron chi connectivity index (χ2n) is 1.68. The van der Waals surface area contributed by atoms with Crippen LogP contribution in [0.2, 0.25) is 0 Å². The van der Waals surface area contributed by atoms with Crippen molar-refractivity contribution in [2.75, 3.05) is 6.61 Å². The Bertz CT molecular complexity index is 185. The van der Waals surface area contributed by atoms with Crippen LogP contribution in [0.4, 0.5) is 0 Å². The third-order valence-electron chi connectivity index (χ3n) is 1.01.